The number of hydrogen-bond acceptors (Lipinski definition) is 3. The summed E-state index contributed by atoms with van der Waals surface area (Å²) < 4.78 is 0. The van der Waals surface area contributed by atoms with Gasteiger partial charge < -0.3 is 10.2 Å². The van der Waals surface area contributed by atoms with Crippen LogP contribution in [0.15, 0.2) is 12.1 Å². The Hall–Kier alpha value is -1.58. The SMILES string of the molecule is CCCNc1cc(C(=O)N(C)C(C)CC)cc(C(C)C)n1. The van der Waals surface area contributed by atoms with E-state index < -0.39 is 0 Å². The fourth-order valence-corrected chi connectivity index (χ4v) is 1.99. The summed E-state index contributed by atoms with van der Waals surface area (Å²) in [6.07, 6.45) is 1.98. The molecular formula is C17H29N3O. The van der Waals surface area contributed by atoms with Gasteiger partial charge in [0.05, 0.1) is 0 Å². The van der Waals surface area contributed by atoms with Crippen LogP contribution in [0.25, 0.3) is 0 Å². The maximum atomic E-state index is 12.6. The summed E-state index contributed by atoms with van der Waals surface area (Å²) in [5.74, 6) is 1.16. The topological polar surface area (TPSA) is 45.2 Å². The van der Waals surface area contributed by atoms with E-state index in [1.54, 1.807) is 0 Å². The Morgan fingerprint density at radius 3 is 2.48 bits per heavy atom. The molecule has 1 rings (SSSR count). The van der Waals surface area contributed by atoms with E-state index in [9.17, 15) is 4.79 Å². The highest BCUT2D eigenvalue weighted by molar-refractivity contribution is 5.95. The smallest absolute Gasteiger partial charge is 0.254 e. The molecule has 1 unspecified atom stereocenters. The first-order chi connectivity index (χ1) is 9.90. The Morgan fingerprint density at radius 2 is 1.95 bits per heavy atom. The van der Waals surface area contributed by atoms with Crippen molar-refractivity contribution in [3.8, 4) is 0 Å². The van der Waals surface area contributed by atoms with E-state index in [4.69, 9.17) is 0 Å². The van der Waals surface area contributed by atoms with Gasteiger partial charge in [-0.25, -0.2) is 4.98 Å². The number of nitrogens with zero attached hydrogens (tertiary/aromatic N) is 2. The number of carbonyl (C=O) groups excluding carboxylic acids is 1. The fraction of sp³-hybridized carbons (Fsp3) is 0.647. The van der Waals surface area contributed by atoms with Crippen LogP contribution in [0, 0.1) is 0 Å². The number of amides is 1. The van der Waals surface area contributed by atoms with Gasteiger partial charge >= 0.3 is 0 Å². The van der Waals surface area contributed by atoms with Crippen molar-refractivity contribution in [3.63, 3.8) is 0 Å². The lowest BCUT2D eigenvalue weighted by Crippen LogP contribution is -2.34. The molecule has 1 heterocycles. The van der Waals surface area contributed by atoms with Crippen molar-refractivity contribution in [2.45, 2.75) is 59.4 Å². The molecule has 0 radical (unpaired) electrons. The number of aromatic nitrogens is 1. The zero-order valence-electron chi connectivity index (χ0n) is 14.2. The van der Waals surface area contributed by atoms with Crippen LogP contribution in [-0.2, 0) is 0 Å². The summed E-state index contributed by atoms with van der Waals surface area (Å²) in [6.45, 7) is 11.3. The molecule has 21 heavy (non-hydrogen) atoms. The Morgan fingerprint density at radius 1 is 1.29 bits per heavy atom. The molecule has 0 aliphatic carbocycles. The first kappa shape index (κ1) is 17.5. The molecule has 1 aromatic heterocycles. The highest BCUT2D eigenvalue weighted by Crippen LogP contribution is 2.19. The predicted molar refractivity (Wildman–Crippen MR) is 89.0 cm³/mol. The number of anilines is 1. The van der Waals surface area contributed by atoms with Gasteiger partial charge in [-0.05, 0) is 37.8 Å². The van der Waals surface area contributed by atoms with Crippen LogP contribution < -0.4 is 5.32 Å². The standard InChI is InChI=1S/C17H29N3O/c1-7-9-18-16-11-14(10-15(19-16)12(3)4)17(21)20(6)13(5)8-2/h10-13H,7-9H2,1-6H3,(H,18,19). The highest BCUT2D eigenvalue weighted by atomic mass is 16.2. The monoisotopic (exact) mass is 291 g/mol. The van der Waals surface area contributed by atoms with Crippen LogP contribution in [0.5, 0.6) is 0 Å². The number of pyridine rings is 1. The van der Waals surface area contributed by atoms with E-state index in [0.29, 0.717) is 5.92 Å². The molecule has 1 N–H and O–H groups in total. The first-order valence-corrected chi connectivity index (χ1v) is 7.93. The second kappa shape index (κ2) is 8.01. The number of nitrogens with one attached hydrogen (secondary N) is 1. The summed E-state index contributed by atoms with van der Waals surface area (Å²) in [4.78, 5) is 19.0. The van der Waals surface area contributed by atoms with Crippen LogP contribution in [0.3, 0.4) is 0 Å². The zero-order valence-corrected chi connectivity index (χ0v) is 14.2. The van der Waals surface area contributed by atoms with Crippen LogP contribution in [-0.4, -0.2) is 35.4 Å². The maximum Gasteiger partial charge on any atom is 0.254 e. The first-order valence-electron chi connectivity index (χ1n) is 7.93. The fourth-order valence-electron chi connectivity index (χ4n) is 1.99. The van der Waals surface area contributed by atoms with Gasteiger partial charge in [0.1, 0.15) is 5.82 Å². The lowest BCUT2D eigenvalue weighted by Gasteiger charge is -2.24. The Bertz CT molecular complexity index is 471. The van der Waals surface area contributed by atoms with Crippen molar-refractivity contribution < 1.29 is 4.79 Å². The molecule has 1 atom stereocenters. The molecule has 1 amide bonds. The van der Waals surface area contributed by atoms with Gasteiger partial charge in [-0.2, -0.15) is 0 Å². The minimum Gasteiger partial charge on any atom is -0.370 e. The minimum atomic E-state index is 0.0631. The lowest BCUT2D eigenvalue weighted by molar-refractivity contribution is 0.0740. The van der Waals surface area contributed by atoms with Crippen LogP contribution >= 0.6 is 0 Å². The molecule has 118 valence electrons. The average Bonchev–Trinajstić information content (AvgIpc) is 2.50. The van der Waals surface area contributed by atoms with Crippen molar-refractivity contribution in [3.05, 3.63) is 23.4 Å². The quantitative estimate of drug-likeness (QED) is 0.828. The summed E-state index contributed by atoms with van der Waals surface area (Å²) in [5, 5.41) is 3.29. The Labute approximate surface area is 129 Å². The summed E-state index contributed by atoms with van der Waals surface area (Å²) in [7, 11) is 1.87. The average molecular weight is 291 g/mol. The van der Waals surface area contributed by atoms with Crippen LogP contribution in [0.4, 0.5) is 5.82 Å². The van der Waals surface area contributed by atoms with Gasteiger partial charge in [0.25, 0.3) is 5.91 Å². The van der Waals surface area contributed by atoms with Crippen molar-refractivity contribution in [2.24, 2.45) is 0 Å². The number of carbonyl (C=O) groups is 1. The number of rotatable bonds is 7. The molecule has 0 aliphatic rings. The molecule has 1 aromatic rings. The van der Waals surface area contributed by atoms with Gasteiger partial charge in [0.2, 0.25) is 0 Å². The largest absolute Gasteiger partial charge is 0.370 e. The third-order valence-electron chi connectivity index (χ3n) is 3.81. The molecule has 0 aliphatic heterocycles. The van der Waals surface area contributed by atoms with E-state index in [1.807, 2.05) is 24.1 Å². The number of hydrogen-bond donors (Lipinski definition) is 1. The molecule has 4 nitrogen and oxygen atoms in total. The summed E-state index contributed by atoms with van der Waals surface area (Å²) >= 11 is 0. The van der Waals surface area contributed by atoms with Crippen LogP contribution in [0.2, 0.25) is 0 Å². The van der Waals surface area contributed by atoms with Crippen molar-refractivity contribution in [1.29, 1.82) is 0 Å². The van der Waals surface area contributed by atoms with E-state index in [2.05, 4.69) is 44.9 Å². The van der Waals surface area contributed by atoms with E-state index in [1.165, 1.54) is 0 Å². The molecule has 0 fully saturated rings. The third kappa shape index (κ3) is 4.73. The third-order valence-corrected chi connectivity index (χ3v) is 3.81. The van der Waals surface area contributed by atoms with Crippen LogP contribution in [0.1, 0.15) is 69.4 Å². The van der Waals surface area contributed by atoms with E-state index in [0.717, 1.165) is 36.5 Å². The molecule has 4 heteroatoms. The van der Waals surface area contributed by atoms with Gasteiger partial charge in [-0.3, -0.25) is 4.79 Å². The normalized spacial score (nSPS) is 12.3. The molecular weight excluding hydrogens is 262 g/mol. The molecule has 0 saturated carbocycles. The lowest BCUT2D eigenvalue weighted by atomic mass is 10.1. The molecule has 0 saturated heterocycles. The predicted octanol–water partition coefficient (Wildman–Crippen LogP) is 3.90. The Kier molecular flexibility index (Phi) is 6.66. The van der Waals surface area contributed by atoms with Gasteiger partial charge in [-0.15, -0.1) is 0 Å². The van der Waals surface area contributed by atoms with E-state index >= 15 is 0 Å². The maximum absolute atomic E-state index is 12.6. The second-order valence-corrected chi connectivity index (χ2v) is 5.92. The molecule has 0 spiro atoms. The van der Waals surface area contributed by atoms with Crippen molar-refractivity contribution in [1.82, 2.24) is 9.88 Å². The van der Waals surface area contributed by atoms with Crippen molar-refractivity contribution in [2.75, 3.05) is 18.9 Å². The van der Waals surface area contributed by atoms with Gasteiger partial charge in [0, 0.05) is 30.9 Å². The highest BCUT2D eigenvalue weighted by Gasteiger charge is 2.18. The zero-order chi connectivity index (χ0) is 16.0. The summed E-state index contributed by atoms with van der Waals surface area (Å²) in [5.41, 5.74) is 1.67. The van der Waals surface area contributed by atoms with Gasteiger partial charge in [0.15, 0.2) is 0 Å². The second-order valence-electron chi connectivity index (χ2n) is 5.92. The van der Waals surface area contributed by atoms with E-state index in [-0.39, 0.29) is 11.9 Å². The minimum absolute atomic E-state index is 0.0631. The Balaban J connectivity index is 3.09. The molecule has 0 aromatic carbocycles. The van der Waals surface area contributed by atoms with Crippen molar-refractivity contribution >= 4 is 11.7 Å². The van der Waals surface area contributed by atoms with Gasteiger partial charge in [-0.1, -0.05) is 27.7 Å². The summed E-state index contributed by atoms with van der Waals surface area (Å²) in [6, 6.07) is 4.02. The molecule has 0 bridgehead atoms.